The van der Waals surface area contributed by atoms with Crippen molar-refractivity contribution >= 4 is 0 Å². The first-order valence-electron chi connectivity index (χ1n) is 11.4. The number of benzene rings is 1. The second kappa shape index (κ2) is 15.9. The van der Waals surface area contributed by atoms with E-state index >= 15 is 0 Å². The second-order valence-electron chi connectivity index (χ2n) is 7.92. The summed E-state index contributed by atoms with van der Waals surface area (Å²) in [7, 11) is 0. The summed E-state index contributed by atoms with van der Waals surface area (Å²) in [5, 5.41) is 29.4. The number of nitrogens with zero attached hydrogens (tertiary/aromatic N) is 1. The van der Waals surface area contributed by atoms with Gasteiger partial charge in [-0.3, -0.25) is 4.90 Å². The van der Waals surface area contributed by atoms with Gasteiger partial charge in [-0.05, 0) is 12.0 Å². The van der Waals surface area contributed by atoms with E-state index in [0.717, 1.165) is 24.8 Å². The van der Waals surface area contributed by atoms with Crippen LogP contribution < -0.4 is 0 Å². The highest BCUT2D eigenvalue weighted by Crippen LogP contribution is 2.34. The standard InChI is InChI=1S/C24H43NO3/c1-2-3-4-5-6-7-8-9-10-14-17-24(22-28,23-15-12-11-13-16-23)25(18-20-26)19-21-27/h11-13,15-16,26-28H,2-10,14,17-22H2,1H3. The smallest absolute Gasteiger partial charge is 0.0695 e. The molecule has 28 heavy (non-hydrogen) atoms. The van der Waals surface area contributed by atoms with Crippen molar-refractivity contribution in [3.05, 3.63) is 35.9 Å². The minimum atomic E-state index is -0.535. The summed E-state index contributed by atoms with van der Waals surface area (Å²) < 4.78 is 0. The van der Waals surface area contributed by atoms with E-state index in [-0.39, 0.29) is 19.8 Å². The predicted molar refractivity (Wildman–Crippen MR) is 117 cm³/mol. The number of hydrogen-bond acceptors (Lipinski definition) is 4. The van der Waals surface area contributed by atoms with E-state index in [1.165, 1.54) is 51.4 Å². The van der Waals surface area contributed by atoms with E-state index in [1.807, 2.05) is 30.3 Å². The molecular weight excluding hydrogens is 350 g/mol. The largest absolute Gasteiger partial charge is 0.395 e. The van der Waals surface area contributed by atoms with Crippen LogP contribution in [0.2, 0.25) is 0 Å². The van der Waals surface area contributed by atoms with E-state index in [4.69, 9.17) is 0 Å². The fourth-order valence-corrected chi connectivity index (χ4v) is 4.19. The molecule has 0 bridgehead atoms. The Hall–Kier alpha value is -0.940. The van der Waals surface area contributed by atoms with Crippen LogP contribution in [0.15, 0.2) is 30.3 Å². The van der Waals surface area contributed by atoms with Gasteiger partial charge in [0.05, 0.1) is 25.4 Å². The first kappa shape index (κ1) is 25.1. The average molecular weight is 394 g/mol. The topological polar surface area (TPSA) is 63.9 Å². The highest BCUT2D eigenvalue weighted by Gasteiger charge is 2.36. The lowest BCUT2D eigenvalue weighted by atomic mass is 9.83. The number of aliphatic hydroxyl groups excluding tert-OH is 3. The van der Waals surface area contributed by atoms with Crippen LogP contribution in [0.25, 0.3) is 0 Å². The third kappa shape index (κ3) is 8.60. The molecule has 0 aliphatic rings. The molecule has 0 spiro atoms. The van der Waals surface area contributed by atoms with Gasteiger partial charge in [0.2, 0.25) is 0 Å². The molecule has 0 heterocycles. The van der Waals surface area contributed by atoms with Crippen LogP contribution in [-0.2, 0) is 5.54 Å². The molecule has 0 saturated carbocycles. The van der Waals surface area contributed by atoms with Crippen LogP contribution in [0.4, 0.5) is 0 Å². The number of unbranched alkanes of at least 4 members (excludes halogenated alkanes) is 9. The van der Waals surface area contributed by atoms with Crippen molar-refractivity contribution in [3.63, 3.8) is 0 Å². The molecule has 1 unspecified atom stereocenters. The van der Waals surface area contributed by atoms with Gasteiger partial charge < -0.3 is 15.3 Å². The Bertz CT molecular complexity index is 462. The number of rotatable bonds is 18. The maximum atomic E-state index is 10.4. The van der Waals surface area contributed by atoms with Crippen molar-refractivity contribution in [1.29, 1.82) is 0 Å². The van der Waals surface area contributed by atoms with Gasteiger partial charge in [0, 0.05) is 13.1 Å². The van der Waals surface area contributed by atoms with Crippen molar-refractivity contribution in [2.24, 2.45) is 0 Å². The Kier molecular flexibility index (Phi) is 14.3. The van der Waals surface area contributed by atoms with Gasteiger partial charge in [-0.15, -0.1) is 0 Å². The molecular formula is C24H43NO3. The lowest BCUT2D eigenvalue weighted by Gasteiger charge is -2.43. The first-order valence-corrected chi connectivity index (χ1v) is 11.4. The molecule has 0 aliphatic carbocycles. The zero-order chi connectivity index (χ0) is 20.5. The third-order valence-corrected chi connectivity index (χ3v) is 5.86. The van der Waals surface area contributed by atoms with Crippen molar-refractivity contribution < 1.29 is 15.3 Å². The van der Waals surface area contributed by atoms with E-state index in [2.05, 4.69) is 11.8 Å². The molecule has 1 aromatic carbocycles. The van der Waals surface area contributed by atoms with Gasteiger partial charge in [0.25, 0.3) is 0 Å². The Morgan fingerprint density at radius 1 is 0.714 bits per heavy atom. The third-order valence-electron chi connectivity index (χ3n) is 5.86. The average Bonchev–Trinajstić information content (AvgIpc) is 2.73. The Labute approximate surface area is 172 Å². The summed E-state index contributed by atoms with van der Waals surface area (Å²) >= 11 is 0. The van der Waals surface area contributed by atoms with Crippen LogP contribution in [0.5, 0.6) is 0 Å². The molecule has 3 N–H and O–H groups in total. The molecule has 0 fully saturated rings. The Balaban J connectivity index is 2.57. The fraction of sp³-hybridized carbons (Fsp3) is 0.750. The molecule has 0 radical (unpaired) electrons. The van der Waals surface area contributed by atoms with Crippen LogP contribution in [-0.4, -0.2) is 53.1 Å². The Morgan fingerprint density at radius 2 is 1.21 bits per heavy atom. The minimum Gasteiger partial charge on any atom is -0.395 e. The molecule has 162 valence electrons. The molecule has 1 atom stereocenters. The zero-order valence-corrected chi connectivity index (χ0v) is 18.0. The minimum absolute atomic E-state index is 0.00551. The summed E-state index contributed by atoms with van der Waals surface area (Å²) in [6.45, 7) is 3.19. The molecule has 0 saturated heterocycles. The molecule has 1 aromatic rings. The van der Waals surface area contributed by atoms with E-state index in [9.17, 15) is 15.3 Å². The lowest BCUT2D eigenvalue weighted by Crippen LogP contribution is -2.51. The summed E-state index contributed by atoms with van der Waals surface area (Å²) in [6.07, 6.45) is 13.7. The van der Waals surface area contributed by atoms with Crippen molar-refractivity contribution in [3.8, 4) is 0 Å². The van der Waals surface area contributed by atoms with Gasteiger partial charge in [0.1, 0.15) is 0 Å². The van der Waals surface area contributed by atoms with Gasteiger partial charge in [-0.25, -0.2) is 0 Å². The highest BCUT2D eigenvalue weighted by atomic mass is 16.3. The van der Waals surface area contributed by atoms with Gasteiger partial charge >= 0.3 is 0 Å². The normalized spacial score (nSPS) is 13.8. The van der Waals surface area contributed by atoms with Gasteiger partial charge in [0.15, 0.2) is 0 Å². The molecule has 1 rings (SSSR count). The van der Waals surface area contributed by atoms with E-state index < -0.39 is 5.54 Å². The van der Waals surface area contributed by atoms with Gasteiger partial charge in [-0.1, -0.05) is 101 Å². The zero-order valence-electron chi connectivity index (χ0n) is 18.0. The predicted octanol–water partition coefficient (Wildman–Crippen LogP) is 4.47. The first-order chi connectivity index (χ1) is 13.7. The summed E-state index contributed by atoms with van der Waals surface area (Å²) in [5.41, 5.74) is 0.530. The Morgan fingerprint density at radius 3 is 1.68 bits per heavy atom. The highest BCUT2D eigenvalue weighted by molar-refractivity contribution is 5.25. The fourth-order valence-electron chi connectivity index (χ4n) is 4.19. The molecule has 0 amide bonds. The molecule has 4 nitrogen and oxygen atoms in total. The van der Waals surface area contributed by atoms with Crippen molar-refractivity contribution in [2.45, 2.75) is 83.1 Å². The second-order valence-corrected chi connectivity index (χ2v) is 7.92. The molecule has 4 heteroatoms. The van der Waals surface area contributed by atoms with E-state index in [1.54, 1.807) is 0 Å². The maximum Gasteiger partial charge on any atom is 0.0695 e. The molecule has 0 aromatic heterocycles. The van der Waals surface area contributed by atoms with Crippen molar-refractivity contribution in [2.75, 3.05) is 32.9 Å². The molecule has 0 aliphatic heterocycles. The lowest BCUT2D eigenvalue weighted by molar-refractivity contribution is -0.00353. The van der Waals surface area contributed by atoms with Crippen molar-refractivity contribution in [1.82, 2.24) is 4.90 Å². The number of aliphatic hydroxyl groups is 3. The van der Waals surface area contributed by atoms with Crippen LogP contribution in [0.3, 0.4) is 0 Å². The maximum absolute atomic E-state index is 10.4. The number of hydrogen-bond donors (Lipinski definition) is 3. The van der Waals surface area contributed by atoms with Crippen LogP contribution in [0, 0.1) is 0 Å². The monoisotopic (exact) mass is 393 g/mol. The quantitative estimate of drug-likeness (QED) is 0.322. The SMILES string of the molecule is CCCCCCCCCCCCC(CO)(c1ccccc1)N(CCO)CCO. The summed E-state index contributed by atoms with van der Waals surface area (Å²) in [5.74, 6) is 0. The van der Waals surface area contributed by atoms with E-state index in [0.29, 0.717) is 13.1 Å². The van der Waals surface area contributed by atoms with Crippen LogP contribution in [0.1, 0.15) is 83.1 Å². The summed E-state index contributed by atoms with van der Waals surface area (Å²) in [4.78, 5) is 2.05. The van der Waals surface area contributed by atoms with Crippen LogP contribution >= 0.6 is 0 Å². The van der Waals surface area contributed by atoms with Gasteiger partial charge in [-0.2, -0.15) is 0 Å². The summed E-state index contributed by atoms with van der Waals surface area (Å²) in [6, 6.07) is 10.1.